The summed E-state index contributed by atoms with van der Waals surface area (Å²) in [6.07, 6.45) is 1.35. The van der Waals surface area contributed by atoms with Crippen LogP contribution in [-0.4, -0.2) is 43.1 Å². The van der Waals surface area contributed by atoms with Crippen LogP contribution in [-0.2, 0) is 4.79 Å². The van der Waals surface area contributed by atoms with Crippen molar-refractivity contribution in [3.63, 3.8) is 0 Å². The lowest BCUT2D eigenvalue weighted by molar-refractivity contribution is -0.117. The van der Waals surface area contributed by atoms with Crippen LogP contribution in [0.5, 0.6) is 17.2 Å². The van der Waals surface area contributed by atoms with Crippen molar-refractivity contribution in [3.8, 4) is 17.2 Å². The first-order valence-electron chi connectivity index (χ1n) is 10.9. The highest BCUT2D eigenvalue weighted by Crippen LogP contribution is 2.48. The molecule has 2 aromatic carbocycles. The van der Waals surface area contributed by atoms with Gasteiger partial charge in [-0.15, -0.1) is 0 Å². The number of benzene rings is 2. The molecule has 0 fully saturated rings. The van der Waals surface area contributed by atoms with Crippen LogP contribution >= 0.6 is 11.3 Å². The Morgan fingerprint density at radius 2 is 1.81 bits per heavy atom. The van der Waals surface area contributed by atoms with Crippen LogP contribution in [0.25, 0.3) is 10.2 Å². The zero-order valence-corrected chi connectivity index (χ0v) is 20.7. The van der Waals surface area contributed by atoms with E-state index >= 15 is 0 Å². The Morgan fingerprint density at radius 1 is 1.08 bits per heavy atom. The van der Waals surface area contributed by atoms with E-state index in [9.17, 15) is 14.7 Å². The summed E-state index contributed by atoms with van der Waals surface area (Å²) in [7, 11) is 4.42. The van der Waals surface area contributed by atoms with E-state index in [-0.39, 0.29) is 11.3 Å². The van der Waals surface area contributed by atoms with E-state index in [4.69, 9.17) is 18.6 Å². The van der Waals surface area contributed by atoms with Gasteiger partial charge in [0.15, 0.2) is 28.1 Å². The molecule has 3 heterocycles. The summed E-state index contributed by atoms with van der Waals surface area (Å²) in [6, 6.07) is 11.0. The first-order chi connectivity index (χ1) is 17.4. The lowest BCUT2D eigenvalue weighted by atomic mass is 9.94. The Morgan fingerprint density at radius 3 is 2.42 bits per heavy atom. The molecule has 1 amide bonds. The number of thiazole rings is 1. The maximum Gasteiger partial charge on any atom is 0.296 e. The van der Waals surface area contributed by atoms with Crippen molar-refractivity contribution in [1.82, 2.24) is 4.98 Å². The average molecular weight is 507 g/mol. The molecule has 4 aromatic rings. The second-order valence-electron chi connectivity index (χ2n) is 8.07. The predicted molar refractivity (Wildman–Crippen MR) is 133 cm³/mol. The van der Waals surface area contributed by atoms with Crippen molar-refractivity contribution in [2.24, 2.45) is 0 Å². The highest BCUT2D eigenvalue weighted by molar-refractivity contribution is 7.22. The van der Waals surface area contributed by atoms with Crippen molar-refractivity contribution >= 4 is 38.4 Å². The van der Waals surface area contributed by atoms with Crippen LogP contribution in [0.4, 0.5) is 5.13 Å². The lowest BCUT2D eigenvalue weighted by Gasteiger charge is -2.25. The van der Waals surface area contributed by atoms with Gasteiger partial charge in [0.1, 0.15) is 0 Å². The van der Waals surface area contributed by atoms with Gasteiger partial charge in [-0.25, -0.2) is 4.98 Å². The molecule has 0 spiro atoms. The number of anilines is 1. The third kappa shape index (κ3) is 3.66. The molecule has 1 N–H and O–H groups in total. The summed E-state index contributed by atoms with van der Waals surface area (Å²) in [4.78, 5) is 32.9. The van der Waals surface area contributed by atoms with Gasteiger partial charge in [-0.1, -0.05) is 17.4 Å². The maximum absolute atomic E-state index is 13.5. The number of carbonyl (C=O) groups is 2. The third-order valence-electron chi connectivity index (χ3n) is 5.94. The van der Waals surface area contributed by atoms with Crippen LogP contribution in [0, 0.1) is 6.92 Å². The number of aryl methyl sites for hydroxylation is 1. The number of ether oxygens (including phenoxy) is 3. The fourth-order valence-electron chi connectivity index (χ4n) is 4.27. The monoisotopic (exact) mass is 506 g/mol. The normalized spacial score (nSPS) is 15.6. The standard InChI is InChI=1S/C26H22N2O7S/c1-13-7-8-15-19(10-13)36-26(27-15)28-21(14-11-17(32-2)24(34-4)18(12-14)33-3)20(23(30)25(28)31)22(29)16-6-5-9-35-16/h5-12,21,30H,1-4H3/t21-/m1/s1. The molecule has 5 rings (SSSR count). The molecule has 0 saturated carbocycles. The summed E-state index contributed by atoms with van der Waals surface area (Å²) < 4.78 is 22.6. The number of rotatable bonds is 7. The molecule has 0 saturated heterocycles. The van der Waals surface area contributed by atoms with Crippen LogP contribution < -0.4 is 19.1 Å². The number of furan rings is 1. The largest absolute Gasteiger partial charge is 0.503 e. The van der Waals surface area contributed by atoms with Crippen molar-refractivity contribution in [2.75, 3.05) is 26.2 Å². The zero-order chi connectivity index (χ0) is 25.6. The maximum atomic E-state index is 13.5. The minimum atomic E-state index is -1.04. The second-order valence-corrected chi connectivity index (χ2v) is 9.08. The smallest absolute Gasteiger partial charge is 0.296 e. The number of hydrogen-bond acceptors (Lipinski definition) is 9. The van der Waals surface area contributed by atoms with E-state index in [0.29, 0.717) is 33.5 Å². The van der Waals surface area contributed by atoms with Crippen molar-refractivity contribution in [3.05, 3.63) is 76.9 Å². The van der Waals surface area contributed by atoms with E-state index in [1.54, 1.807) is 18.2 Å². The molecule has 1 atom stereocenters. The van der Waals surface area contributed by atoms with Gasteiger partial charge >= 0.3 is 0 Å². The van der Waals surface area contributed by atoms with E-state index in [0.717, 1.165) is 10.3 Å². The van der Waals surface area contributed by atoms with Crippen molar-refractivity contribution < 1.29 is 33.3 Å². The Bertz CT molecular complexity index is 1500. The van der Waals surface area contributed by atoms with Gasteiger partial charge in [0.25, 0.3) is 5.91 Å². The number of Topliss-reactive ketones (excluding diaryl/α,β-unsaturated/α-hetero) is 1. The number of aliphatic hydroxyl groups excluding tert-OH is 1. The fraction of sp³-hybridized carbons (Fsp3) is 0.192. The average Bonchev–Trinajstić information content (AvgIpc) is 3.61. The molecular weight excluding hydrogens is 484 g/mol. The molecule has 1 aliphatic heterocycles. The molecule has 0 bridgehead atoms. The summed E-state index contributed by atoms with van der Waals surface area (Å²) in [6.45, 7) is 1.96. The molecule has 1 aliphatic rings. The number of hydrogen-bond donors (Lipinski definition) is 1. The topological polar surface area (TPSA) is 111 Å². The number of aromatic nitrogens is 1. The minimum Gasteiger partial charge on any atom is -0.503 e. The summed E-state index contributed by atoms with van der Waals surface area (Å²) in [5.41, 5.74) is 2.05. The number of nitrogens with zero attached hydrogens (tertiary/aromatic N) is 2. The zero-order valence-electron chi connectivity index (χ0n) is 19.9. The Labute approximate surface area is 210 Å². The Balaban J connectivity index is 1.74. The number of carbonyl (C=O) groups excluding carboxylic acids is 2. The fourth-order valence-corrected chi connectivity index (χ4v) is 5.36. The first-order valence-corrected chi connectivity index (χ1v) is 11.7. The van der Waals surface area contributed by atoms with Gasteiger partial charge in [-0.05, 0) is 54.4 Å². The first kappa shape index (κ1) is 23.4. The summed E-state index contributed by atoms with van der Waals surface area (Å²) >= 11 is 1.29. The van der Waals surface area contributed by atoms with Gasteiger partial charge in [-0.3, -0.25) is 14.5 Å². The molecule has 184 valence electrons. The van der Waals surface area contributed by atoms with E-state index in [1.807, 2.05) is 25.1 Å². The molecule has 36 heavy (non-hydrogen) atoms. The van der Waals surface area contributed by atoms with Gasteiger partial charge in [-0.2, -0.15) is 0 Å². The molecule has 0 unspecified atom stereocenters. The van der Waals surface area contributed by atoms with Crippen molar-refractivity contribution in [2.45, 2.75) is 13.0 Å². The minimum absolute atomic E-state index is 0.0106. The van der Waals surface area contributed by atoms with Crippen LogP contribution in [0.3, 0.4) is 0 Å². The molecule has 2 aromatic heterocycles. The van der Waals surface area contributed by atoms with E-state index in [2.05, 4.69) is 4.98 Å². The van der Waals surface area contributed by atoms with Gasteiger partial charge in [0.2, 0.25) is 11.5 Å². The second kappa shape index (κ2) is 9.04. The Hall–Kier alpha value is -4.31. The van der Waals surface area contributed by atoms with Gasteiger partial charge in [0.05, 0.1) is 49.4 Å². The number of fused-ring (bicyclic) bond motifs is 1. The molecule has 0 radical (unpaired) electrons. The lowest BCUT2D eigenvalue weighted by Crippen LogP contribution is -2.31. The highest BCUT2D eigenvalue weighted by Gasteiger charge is 2.47. The van der Waals surface area contributed by atoms with E-state index in [1.165, 1.54) is 49.9 Å². The quantitative estimate of drug-likeness (QED) is 0.348. The SMILES string of the molecule is COc1cc([C@@H]2C(C(=O)c3ccco3)=C(O)C(=O)N2c2nc3ccc(C)cc3s2)cc(OC)c1OC. The number of aliphatic hydroxyl groups is 1. The summed E-state index contributed by atoms with van der Waals surface area (Å²) in [5, 5.41) is 11.3. The highest BCUT2D eigenvalue weighted by atomic mass is 32.1. The molecular formula is C26H22N2O7S. The third-order valence-corrected chi connectivity index (χ3v) is 6.96. The summed E-state index contributed by atoms with van der Waals surface area (Å²) in [5.74, 6) is -1.05. The predicted octanol–water partition coefficient (Wildman–Crippen LogP) is 5.01. The molecule has 0 aliphatic carbocycles. The van der Waals surface area contributed by atoms with E-state index < -0.39 is 23.5 Å². The Kier molecular flexibility index (Phi) is 5.89. The van der Waals surface area contributed by atoms with Gasteiger partial charge in [0, 0.05) is 0 Å². The molecule has 10 heteroatoms. The van der Waals surface area contributed by atoms with Crippen LogP contribution in [0.2, 0.25) is 0 Å². The number of ketones is 1. The molecule has 9 nitrogen and oxygen atoms in total. The van der Waals surface area contributed by atoms with Crippen molar-refractivity contribution in [1.29, 1.82) is 0 Å². The van der Waals surface area contributed by atoms with Crippen LogP contribution in [0.1, 0.15) is 27.7 Å². The van der Waals surface area contributed by atoms with Gasteiger partial charge < -0.3 is 23.7 Å². The number of methoxy groups -OCH3 is 3. The van der Waals surface area contributed by atoms with Crippen LogP contribution in [0.15, 0.2) is 64.5 Å². The number of amides is 1.